The Labute approximate surface area is 138 Å². The molecule has 6 nitrogen and oxygen atoms in total. The van der Waals surface area contributed by atoms with Gasteiger partial charge in [0, 0.05) is 13.2 Å². The van der Waals surface area contributed by atoms with E-state index in [1.54, 1.807) is 24.2 Å². The summed E-state index contributed by atoms with van der Waals surface area (Å²) in [6.45, 7) is 9.04. The van der Waals surface area contributed by atoms with Crippen molar-refractivity contribution in [2.75, 3.05) is 26.5 Å². The second kappa shape index (κ2) is 6.81. The van der Waals surface area contributed by atoms with Gasteiger partial charge in [-0.05, 0) is 31.5 Å². The van der Waals surface area contributed by atoms with Crippen LogP contribution in [0.3, 0.4) is 0 Å². The van der Waals surface area contributed by atoms with Gasteiger partial charge >= 0.3 is 0 Å². The summed E-state index contributed by atoms with van der Waals surface area (Å²) in [5, 5.41) is 23.8. The first-order valence-corrected chi connectivity index (χ1v) is 10.8. The summed E-state index contributed by atoms with van der Waals surface area (Å²) in [7, 11) is 1.68. The monoisotopic (exact) mass is 341 g/mol. The summed E-state index contributed by atoms with van der Waals surface area (Å²) in [5.41, 5.74) is 0. The highest BCUT2D eigenvalue weighted by molar-refractivity contribution is 7.72. The molecule has 2 aliphatic rings. The Bertz CT molecular complexity index is 569. The van der Waals surface area contributed by atoms with Gasteiger partial charge in [0.25, 0.3) is 0 Å². The maximum atomic E-state index is 10.4. The van der Waals surface area contributed by atoms with Gasteiger partial charge in [-0.15, -0.1) is 13.2 Å². The van der Waals surface area contributed by atoms with Crippen LogP contribution >= 0.6 is 6.89 Å². The molecule has 0 radical (unpaired) electrons. The maximum absolute atomic E-state index is 10.4. The number of rotatable bonds is 4. The minimum Gasteiger partial charge on any atom is -0.388 e. The lowest BCUT2D eigenvalue weighted by Crippen LogP contribution is -2.46. The molecule has 0 saturated carbocycles. The zero-order valence-corrected chi connectivity index (χ0v) is 15.2. The number of hydrogen-bond acceptors (Lipinski definition) is 5. The number of ether oxygens (including phenoxy) is 1. The predicted octanol–water partition coefficient (Wildman–Crippen LogP) is 0.697. The lowest BCUT2D eigenvalue weighted by atomic mass is 10.00. The Hall–Kier alpha value is -1.07. The third-order valence-corrected chi connectivity index (χ3v) is 5.67. The standard InChI is InChI=1S/C16H28N3O3P/c1-10(9-23(4,5)6)15-13(20)14(21)16(22-15)19-8-7-12(17-3)18-11(19)2/h7-8,10,13-16,20-21H,2,4,9H2,1,3,5-6H3,(H,17,18)/t10?,13-,14+,15+,16+/m0/s1. The van der Waals surface area contributed by atoms with E-state index in [4.69, 9.17) is 4.74 Å². The number of amidine groups is 1. The van der Waals surface area contributed by atoms with Gasteiger partial charge in [0.05, 0.1) is 6.10 Å². The summed E-state index contributed by atoms with van der Waals surface area (Å²) in [6.07, 6.45) is 5.63. The quantitative estimate of drug-likeness (QED) is 0.656. The van der Waals surface area contributed by atoms with Crippen LogP contribution in [0.4, 0.5) is 0 Å². The van der Waals surface area contributed by atoms with Gasteiger partial charge in [-0.2, -0.15) is 0 Å². The molecule has 0 bridgehead atoms. The molecule has 23 heavy (non-hydrogen) atoms. The smallest absolute Gasteiger partial charge is 0.164 e. The van der Waals surface area contributed by atoms with E-state index < -0.39 is 31.4 Å². The fourth-order valence-corrected chi connectivity index (χ4v) is 4.90. The van der Waals surface area contributed by atoms with Gasteiger partial charge in [0.2, 0.25) is 0 Å². The Balaban J connectivity index is 2.14. The van der Waals surface area contributed by atoms with Gasteiger partial charge in [0.15, 0.2) is 6.23 Å². The van der Waals surface area contributed by atoms with Crippen LogP contribution in [0.5, 0.6) is 0 Å². The highest BCUT2D eigenvalue weighted by Gasteiger charge is 2.47. The van der Waals surface area contributed by atoms with E-state index >= 15 is 0 Å². The largest absolute Gasteiger partial charge is 0.388 e. The second-order valence-corrected chi connectivity index (χ2v) is 11.2. The van der Waals surface area contributed by atoms with Gasteiger partial charge in [-0.1, -0.05) is 13.5 Å². The molecule has 0 spiro atoms. The molecule has 0 aromatic carbocycles. The van der Waals surface area contributed by atoms with E-state index in [-0.39, 0.29) is 5.92 Å². The summed E-state index contributed by atoms with van der Waals surface area (Å²) in [6, 6.07) is 0. The minimum atomic E-state index is -1.24. The SMILES string of the molecule is C=C1NC(=NC)C=CN1[C@@H]1O[C@H](C(C)CP(=C)(C)C)[C@@H](O)[C@H]1O. The van der Waals surface area contributed by atoms with Crippen molar-refractivity contribution in [3.8, 4) is 0 Å². The van der Waals surface area contributed by atoms with Crippen LogP contribution in [0, 0.1) is 5.92 Å². The molecule has 0 amide bonds. The van der Waals surface area contributed by atoms with Crippen LogP contribution in [0.2, 0.25) is 0 Å². The third-order valence-electron chi connectivity index (χ3n) is 4.11. The van der Waals surface area contributed by atoms with Gasteiger partial charge < -0.3 is 25.2 Å². The molecule has 2 rings (SSSR count). The first-order chi connectivity index (χ1) is 10.6. The number of hydrogen-bond donors (Lipinski definition) is 3. The lowest BCUT2D eigenvalue weighted by Gasteiger charge is -2.33. The van der Waals surface area contributed by atoms with E-state index in [0.717, 1.165) is 6.16 Å². The van der Waals surface area contributed by atoms with Crippen molar-refractivity contribution in [1.29, 1.82) is 0 Å². The molecule has 130 valence electrons. The lowest BCUT2D eigenvalue weighted by molar-refractivity contribution is -0.0691. The molecular formula is C16H28N3O3P. The van der Waals surface area contributed by atoms with Crippen molar-refractivity contribution in [2.24, 2.45) is 10.9 Å². The molecule has 2 aliphatic heterocycles. The first kappa shape index (κ1) is 18.3. The van der Waals surface area contributed by atoms with Crippen LogP contribution in [-0.4, -0.2) is 78.3 Å². The van der Waals surface area contributed by atoms with Gasteiger partial charge in [-0.25, -0.2) is 0 Å². The van der Waals surface area contributed by atoms with Crippen LogP contribution in [0.15, 0.2) is 29.7 Å². The number of aliphatic hydroxyl groups is 2. The van der Waals surface area contributed by atoms with E-state index in [1.165, 1.54) is 0 Å². The predicted molar refractivity (Wildman–Crippen MR) is 97.2 cm³/mol. The summed E-state index contributed by atoms with van der Waals surface area (Å²) < 4.78 is 6.00. The van der Waals surface area contributed by atoms with Crippen molar-refractivity contribution < 1.29 is 14.9 Å². The van der Waals surface area contributed by atoms with Crippen molar-refractivity contribution in [3.05, 3.63) is 24.7 Å². The molecule has 0 aromatic heterocycles. The van der Waals surface area contributed by atoms with Crippen molar-refractivity contribution in [2.45, 2.75) is 31.5 Å². The average molecular weight is 341 g/mol. The second-order valence-electron chi connectivity index (χ2n) is 6.97. The van der Waals surface area contributed by atoms with Gasteiger partial charge in [-0.3, -0.25) is 4.99 Å². The topological polar surface area (TPSA) is 77.3 Å². The Morgan fingerprint density at radius 3 is 2.61 bits per heavy atom. The third kappa shape index (κ3) is 4.07. The molecule has 2 heterocycles. The molecular weight excluding hydrogens is 313 g/mol. The van der Waals surface area contributed by atoms with E-state index in [9.17, 15) is 10.2 Å². The zero-order valence-electron chi connectivity index (χ0n) is 14.3. The zero-order chi connectivity index (χ0) is 17.4. The van der Waals surface area contributed by atoms with Gasteiger partial charge in [0.1, 0.15) is 23.9 Å². The van der Waals surface area contributed by atoms with Crippen molar-refractivity contribution in [3.63, 3.8) is 0 Å². The number of aliphatic imine (C=N–C) groups is 1. The molecule has 7 heteroatoms. The van der Waals surface area contributed by atoms with E-state index in [2.05, 4.69) is 36.5 Å². The Kier molecular flexibility index (Phi) is 5.41. The number of nitrogens with one attached hydrogen (secondary N) is 1. The van der Waals surface area contributed by atoms with Crippen LogP contribution in [-0.2, 0) is 4.74 Å². The van der Waals surface area contributed by atoms with E-state index in [1.807, 2.05) is 6.92 Å². The summed E-state index contributed by atoms with van der Waals surface area (Å²) in [5.74, 6) is 1.36. The van der Waals surface area contributed by atoms with E-state index in [0.29, 0.717) is 11.7 Å². The number of nitrogens with zero attached hydrogens (tertiary/aromatic N) is 2. The first-order valence-electron chi connectivity index (χ1n) is 7.72. The summed E-state index contributed by atoms with van der Waals surface area (Å²) >= 11 is 0. The van der Waals surface area contributed by atoms with Crippen molar-refractivity contribution in [1.82, 2.24) is 10.2 Å². The van der Waals surface area contributed by atoms with Crippen molar-refractivity contribution >= 4 is 19.0 Å². The molecule has 0 aliphatic carbocycles. The summed E-state index contributed by atoms with van der Waals surface area (Å²) in [4.78, 5) is 5.75. The minimum absolute atomic E-state index is 0.119. The molecule has 0 aromatic rings. The molecule has 3 N–H and O–H groups in total. The van der Waals surface area contributed by atoms with Crippen LogP contribution < -0.4 is 5.32 Å². The highest BCUT2D eigenvalue weighted by Crippen LogP contribution is 2.41. The fourth-order valence-electron chi connectivity index (χ4n) is 3.13. The molecule has 1 fully saturated rings. The Morgan fingerprint density at radius 2 is 2.09 bits per heavy atom. The fraction of sp³-hybridized carbons (Fsp3) is 0.625. The molecule has 5 atom stereocenters. The van der Waals surface area contributed by atoms with Crippen LogP contribution in [0.1, 0.15) is 6.92 Å². The number of aliphatic hydroxyl groups excluding tert-OH is 2. The molecule has 1 saturated heterocycles. The normalized spacial score (nSPS) is 34.8. The maximum Gasteiger partial charge on any atom is 0.164 e. The highest BCUT2D eigenvalue weighted by atomic mass is 31.2. The Morgan fingerprint density at radius 1 is 1.43 bits per heavy atom. The average Bonchev–Trinajstić information content (AvgIpc) is 2.73. The van der Waals surface area contributed by atoms with Crippen LogP contribution in [0.25, 0.3) is 0 Å². The molecule has 1 unspecified atom stereocenters.